The molecule has 98 valence electrons. The van der Waals surface area contributed by atoms with Crippen LogP contribution >= 0.6 is 11.6 Å². The van der Waals surface area contributed by atoms with Crippen LogP contribution in [0, 0.1) is 0 Å². The van der Waals surface area contributed by atoms with E-state index in [-0.39, 0.29) is 23.4 Å². The summed E-state index contributed by atoms with van der Waals surface area (Å²) in [5, 5.41) is 11.9. The first-order valence-electron chi connectivity index (χ1n) is 5.63. The first-order valence-corrected chi connectivity index (χ1v) is 6.01. The fourth-order valence-corrected chi connectivity index (χ4v) is 1.56. The molecule has 0 unspecified atom stereocenters. The minimum atomic E-state index is -0.310. The van der Waals surface area contributed by atoms with Crippen LogP contribution in [-0.2, 0) is 13.2 Å². The van der Waals surface area contributed by atoms with E-state index < -0.39 is 0 Å². The number of hydrogen-bond donors (Lipinski definition) is 2. The zero-order valence-electron chi connectivity index (χ0n) is 10.0. The zero-order valence-corrected chi connectivity index (χ0v) is 10.8. The van der Waals surface area contributed by atoms with E-state index in [9.17, 15) is 4.79 Å². The second-order valence-corrected chi connectivity index (χ2v) is 4.27. The number of amides is 1. The Balaban J connectivity index is 1.94. The highest BCUT2D eigenvalue weighted by Gasteiger charge is 2.07. The van der Waals surface area contributed by atoms with E-state index in [2.05, 4.69) is 15.3 Å². The molecule has 2 N–H and O–H groups in total. The number of nitrogens with zero attached hydrogens (tertiary/aromatic N) is 2. The monoisotopic (exact) mass is 277 g/mol. The summed E-state index contributed by atoms with van der Waals surface area (Å²) < 4.78 is 0. The lowest BCUT2D eigenvalue weighted by Crippen LogP contribution is -2.23. The number of carbonyl (C=O) groups excluding carboxylic acids is 1. The van der Waals surface area contributed by atoms with Gasteiger partial charge in [-0.25, -0.2) is 9.97 Å². The van der Waals surface area contributed by atoms with Gasteiger partial charge in [0.2, 0.25) is 0 Å². The van der Waals surface area contributed by atoms with Gasteiger partial charge in [-0.3, -0.25) is 4.79 Å². The molecule has 19 heavy (non-hydrogen) atoms. The van der Waals surface area contributed by atoms with Crippen molar-refractivity contribution in [3.05, 3.63) is 58.6 Å². The lowest BCUT2D eigenvalue weighted by molar-refractivity contribution is 0.0945. The highest BCUT2D eigenvalue weighted by molar-refractivity contribution is 6.29. The van der Waals surface area contributed by atoms with Gasteiger partial charge in [0.05, 0.1) is 19.0 Å². The predicted molar refractivity (Wildman–Crippen MR) is 70.6 cm³/mol. The summed E-state index contributed by atoms with van der Waals surface area (Å²) in [6.45, 7) is 0.391. The van der Waals surface area contributed by atoms with Crippen LogP contribution in [-0.4, -0.2) is 21.0 Å². The van der Waals surface area contributed by atoms with Crippen molar-refractivity contribution < 1.29 is 9.90 Å². The molecule has 0 saturated carbocycles. The van der Waals surface area contributed by atoms with Crippen molar-refractivity contribution in [2.75, 3.05) is 0 Å². The van der Waals surface area contributed by atoms with Crippen LogP contribution in [0.15, 0.2) is 36.7 Å². The van der Waals surface area contributed by atoms with Crippen molar-refractivity contribution in [1.82, 2.24) is 15.3 Å². The Morgan fingerprint density at radius 1 is 1.16 bits per heavy atom. The van der Waals surface area contributed by atoms with Gasteiger partial charge in [0.25, 0.3) is 5.91 Å². The maximum absolute atomic E-state index is 11.8. The first kappa shape index (κ1) is 13.5. The Bertz CT molecular complexity index is 555. The maximum Gasteiger partial charge on any atom is 0.271 e. The summed E-state index contributed by atoms with van der Waals surface area (Å²) >= 11 is 5.59. The Hall–Kier alpha value is -1.98. The van der Waals surface area contributed by atoms with Crippen molar-refractivity contribution in [3.63, 3.8) is 0 Å². The fraction of sp³-hybridized carbons (Fsp3) is 0.154. The minimum Gasteiger partial charge on any atom is -0.392 e. The molecule has 2 rings (SSSR count). The number of nitrogens with one attached hydrogen (secondary N) is 1. The topological polar surface area (TPSA) is 75.1 Å². The molecule has 0 radical (unpaired) electrons. The predicted octanol–water partition coefficient (Wildman–Crippen LogP) is 1.55. The van der Waals surface area contributed by atoms with Crippen LogP contribution in [0.5, 0.6) is 0 Å². The van der Waals surface area contributed by atoms with Gasteiger partial charge in [-0.15, -0.1) is 0 Å². The number of rotatable bonds is 4. The van der Waals surface area contributed by atoms with Gasteiger partial charge in [0, 0.05) is 6.54 Å². The molecule has 0 aliphatic rings. The zero-order chi connectivity index (χ0) is 13.7. The molecule has 0 atom stereocenters. The lowest BCUT2D eigenvalue weighted by Gasteiger charge is -2.05. The van der Waals surface area contributed by atoms with Gasteiger partial charge in [-0.1, -0.05) is 35.9 Å². The molecule has 0 saturated heterocycles. The highest BCUT2D eigenvalue weighted by atomic mass is 35.5. The molecule has 0 spiro atoms. The van der Waals surface area contributed by atoms with E-state index in [4.69, 9.17) is 16.7 Å². The summed E-state index contributed by atoms with van der Waals surface area (Å²) in [5.74, 6) is -0.310. The third kappa shape index (κ3) is 3.74. The number of benzene rings is 1. The number of hydrogen-bond acceptors (Lipinski definition) is 4. The van der Waals surface area contributed by atoms with Crippen molar-refractivity contribution in [2.45, 2.75) is 13.2 Å². The molecule has 0 aliphatic heterocycles. The average molecular weight is 278 g/mol. The number of aliphatic hydroxyl groups is 1. The van der Waals surface area contributed by atoms with E-state index in [0.717, 1.165) is 11.1 Å². The van der Waals surface area contributed by atoms with Crippen LogP contribution in [0.2, 0.25) is 5.15 Å². The standard InChI is InChI=1S/C13H12ClN3O2/c14-12-7-15-11(6-16-12)13(19)17-5-9-1-3-10(8-18)4-2-9/h1-4,6-7,18H,5,8H2,(H,17,19). The molecule has 6 heteroatoms. The molecule has 2 aromatic rings. The first-order chi connectivity index (χ1) is 9.19. The average Bonchev–Trinajstić information content (AvgIpc) is 2.46. The number of halogens is 1. The number of aromatic nitrogens is 2. The molecule has 1 aromatic carbocycles. The molecular weight excluding hydrogens is 266 g/mol. The van der Waals surface area contributed by atoms with Crippen LogP contribution < -0.4 is 5.32 Å². The van der Waals surface area contributed by atoms with Crippen LogP contribution in [0.3, 0.4) is 0 Å². The summed E-state index contributed by atoms with van der Waals surface area (Å²) in [6.07, 6.45) is 2.65. The second kappa shape index (κ2) is 6.26. The maximum atomic E-state index is 11.8. The van der Waals surface area contributed by atoms with Gasteiger partial charge in [-0.05, 0) is 11.1 Å². The van der Waals surface area contributed by atoms with Crippen molar-refractivity contribution in [2.24, 2.45) is 0 Å². The Labute approximate surface area is 115 Å². The molecule has 0 fully saturated rings. The number of aliphatic hydroxyl groups excluding tert-OH is 1. The van der Waals surface area contributed by atoms with E-state index in [0.29, 0.717) is 6.54 Å². The largest absolute Gasteiger partial charge is 0.392 e. The van der Waals surface area contributed by atoms with Crippen LogP contribution in [0.25, 0.3) is 0 Å². The quantitative estimate of drug-likeness (QED) is 0.889. The minimum absolute atomic E-state index is 0.00695. The lowest BCUT2D eigenvalue weighted by atomic mass is 10.1. The second-order valence-electron chi connectivity index (χ2n) is 3.88. The third-order valence-electron chi connectivity index (χ3n) is 2.51. The molecule has 1 amide bonds. The van der Waals surface area contributed by atoms with Crippen molar-refractivity contribution in [1.29, 1.82) is 0 Å². The van der Waals surface area contributed by atoms with Gasteiger partial charge >= 0.3 is 0 Å². The van der Waals surface area contributed by atoms with E-state index in [1.165, 1.54) is 12.4 Å². The summed E-state index contributed by atoms with van der Waals surface area (Å²) in [6, 6.07) is 7.31. The molecule has 5 nitrogen and oxygen atoms in total. The van der Waals surface area contributed by atoms with E-state index in [1.807, 2.05) is 24.3 Å². The fourth-order valence-electron chi connectivity index (χ4n) is 1.46. The van der Waals surface area contributed by atoms with Crippen LogP contribution in [0.1, 0.15) is 21.6 Å². The summed E-state index contributed by atoms with van der Waals surface area (Å²) in [7, 11) is 0. The molecule has 0 aliphatic carbocycles. The highest BCUT2D eigenvalue weighted by Crippen LogP contribution is 2.05. The van der Waals surface area contributed by atoms with Gasteiger partial charge < -0.3 is 10.4 Å². The molecule has 0 bridgehead atoms. The summed E-state index contributed by atoms with van der Waals surface area (Å²) in [5.41, 5.74) is 1.99. The Morgan fingerprint density at radius 2 is 1.84 bits per heavy atom. The summed E-state index contributed by atoms with van der Waals surface area (Å²) in [4.78, 5) is 19.4. The Morgan fingerprint density at radius 3 is 2.42 bits per heavy atom. The smallest absolute Gasteiger partial charge is 0.271 e. The SMILES string of the molecule is O=C(NCc1ccc(CO)cc1)c1cnc(Cl)cn1. The Kier molecular flexibility index (Phi) is 4.43. The van der Waals surface area contributed by atoms with Gasteiger partial charge in [0.1, 0.15) is 10.8 Å². The third-order valence-corrected chi connectivity index (χ3v) is 2.71. The van der Waals surface area contributed by atoms with Gasteiger partial charge in [-0.2, -0.15) is 0 Å². The molecule has 1 heterocycles. The normalized spacial score (nSPS) is 10.2. The number of carbonyl (C=O) groups is 1. The van der Waals surface area contributed by atoms with E-state index in [1.54, 1.807) is 0 Å². The van der Waals surface area contributed by atoms with E-state index >= 15 is 0 Å². The molecular formula is C13H12ClN3O2. The molecule has 1 aromatic heterocycles. The van der Waals surface area contributed by atoms with Crippen molar-refractivity contribution in [3.8, 4) is 0 Å². The van der Waals surface area contributed by atoms with Crippen LogP contribution in [0.4, 0.5) is 0 Å². The van der Waals surface area contributed by atoms with Crippen molar-refractivity contribution >= 4 is 17.5 Å². The van der Waals surface area contributed by atoms with Gasteiger partial charge in [0.15, 0.2) is 0 Å².